The number of aromatic hydroxyl groups is 1. The highest BCUT2D eigenvalue weighted by atomic mass is 19.4. The second kappa shape index (κ2) is 10.7. The van der Waals surface area contributed by atoms with Crippen molar-refractivity contribution in [1.82, 2.24) is 19.9 Å². The van der Waals surface area contributed by atoms with Crippen LogP contribution in [0, 0.1) is 6.92 Å². The first kappa shape index (κ1) is 27.3. The zero-order chi connectivity index (χ0) is 29.3. The zero-order valence-electron chi connectivity index (χ0n) is 21.8. The van der Waals surface area contributed by atoms with E-state index in [0.717, 1.165) is 23.9 Å². The summed E-state index contributed by atoms with van der Waals surface area (Å²) in [7, 11) is 0. The molecule has 0 fully saturated rings. The molecule has 0 saturated heterocycles. The number of phenols is 1. The maximum absolute atomic E-state index is 13.1. The molecule has 0 aliphatic carbocycles. The molecule has 0 bridgehead atoms. The fraction of sp³-hybridized carbons (Fsp3) is 0.138. The lowest BCUT2D eigenvalue weighted by molar-refractivity contribution is -0.137. The highest BCUT2D eigenvalue weighted by molar-refractivity contribution is 6.06. The van der Waals surface area contributed by atoms with Crippen molar-refractivity contribution >= 4 is 28.6 Å². The van der Waals surface area contributed by atoms with Crippen LogP contribution < -0.4 is 15.8 Å². The van der Waals surface area contributed by atoms with E-state index in [9.17, 15) is 23.1 Å². The van der Waals surface area contributed by atoms with E-state index in [0.29, 0.717) is 45.6 Å². The van der Waals surface area contributed by atoms with Gasteiger partial charge >= 0.3 is 6.18 Å². The molecule has 0 unspecified atom stereocenters. The highest BCUT2D eigenvalue weighted by Gasteiger charge is 2.31. The molecule has 1 amide bonds. The molecule has 5 aromatic rings. The number of alkyl halides is 3. The van der Waals surface area contributed by atoms with Gasteiger partial charge in [-0.25, -0.2) is 19.9 Å². The number of hydrogen-bond acceptors (Lipinski definition) is 8. The van der Waals surface area contributed by atoms with E-state index < -0.39 is 17.6 Å². The standard InChI is InChI=1S/C29H23F3N6O3/c1-3-41-23-12-16(6-8-35-23)24-25-18(14-36-28(33)38-25)11-21(26(24)39)20-10-17(5-4-15(20)2)27(40)37-22-13-19(7-9-34-22)29(30,31)32/h4-14,39H,3H2,1-2H3,(H2,33,36,38)(H,34,37,40). The number of halogens is 3. The van der Waals surface area contributed by atoms with Gasteiger partial charge in [-0.15, -0.1) is 0 Å². The van der Waals surface area contributed by atoms with E-state index in [4.69, 9.17) is 10.5 Å². The van der Waals surface area contributed by atoms with Crippen LogP contribution in [0.4, 0.5) is 24.9 Å². The van der Waals surface area contributed by atoms with E-state index in [1.54, 1.807) is 43.5 Å². The molecule has 5 rings (SSSR count). The summed E-state index contributed by atoms with van der Waals surface area (Å²) in [5, 5.41) is 14.6. The van der Waals surface area contributed by atoms with Gasteiger partial charge < -0.3 is 20.9 Å². The number of carbonyl (C=O) groups is 1. The van der Waals surface area contributed by atoms with Crippen LogP contribution in [0.15, 0.2) is 67.1 Å². The molecule has 0 radical (unpaired) electrons. The normalized spacial score (nSPS) is 11.4. The summed E-state index contributed by atoms with van der Waals surface area (Å²) in [5.41, 5.74) is 7.99. The van der Waals surface area contributed by atoms with Crippen molar-refractivity contribution in [3.8, 4) is 33.9 Å². The predicted molar refractivity (Wildman–Crippen MR) is 147 cm³/mol. The van der Waals surface area contributed by atoms with E-state index in [-0.39, 0.29) is 23.1 Å². The zero-order valence-corrected chi connectivity index (χ0v) is 21.8. The van der Waals surface area contributed by atoms with Crippen LogP contribution in [-0.2, 0) is 6.18 Å². The fourth-order valence-corrected chi connectivity index (χ4v) is 4.37. The molecule has 3 aromatic heterocycles. The Hall–Kier alpha value is -5.26. The van der Waals surface area contributed by atoms with E-state index in [1.165, 1.54) is 12.3 Å². The molecule has 12 heteroatoms. The third-order valence-corrected chi connectivity index (χ3v) is 6.30. The number of carbonyl (C=O) groups excluding carboxylic acids is 1. The fourth-order valence-electron chi connectivity index (χ4n) is 4.37. The molecular weight excluding hydrogens is 537 g/mol. The van der Waals surface area contributed by atoms with E-state index >= 15 is 0 Å². The summed E-state index contributed by atoms with van der Waals surface area (Å²) in [6, 6.07) is 11.4. The van der Waals surface area contributed by atoms with Crippen molar-refractivity contribution in [2.24, 2.45) is 0 Å². The second-order valence-corrected chi connectivity index (χ2v) is 9.04. The number of amides is 1. The number of nitrogens with one attached hydrogen (secondary N) is 1. The minimum atomic E-state index is -4.59. The lowest BCUT2D eigenvalue weighted by Gasteiger charge is -2.16. The molecular formula is C29H23F3N6O3. The Balaban J connectivity index is 1.61. The minimum Gasteiger partial charge on any atom is -0.507 e. The molecule has 2 aromatic carbocycles. The minimum absolute atomic E-state index is 0.0167. The quantitative estimate of drug-likeness (QED) is 0.229. The smallest absolute Gasteiger partial charge is 0.416 e. The van der Waals surface area contributed by atoms with Crippen molar-refractivity contribution < 1.29 is 27.8 Å². The number of ether oxygens (including phenoxy) is 1. The molecule has 208 valence electrons. The van der Waals surface area contributed by atoms with Gasteiger partial charge in [0.1, 0.15) is 11.6 Å². The van der Waals surface area contributed by atoms with Gasteiger partial charge in [-0.1, -0.05) is 6.07 Å². The molecule has 9 nitrogen and oxygen atoms in total. The number of aryl methyl sites for hydroxylation is 1. The van der Waals surface area contributed by atoms with Crippen LogP contribution in [0.5, 0.6) is 11.6 Å². The second-order valence-electron chi connectivity index (χ2n) is 9.04. The van der Waals surface area contributed by atoms with Crippen LogP contribution in [0.3, 0.4) is 0 Å². The number of hydrogen-bond donors (Lipinski definition) is 3. The summed E-state index contributed by atoms with van der Waals surface area (Å²) in [5.74, 6) is -0.694. The summed E-state index contributed by atoms with van der Waals surface area (Å²) in [4.78, 5) is 29.5. The first-order chi connectivity index (χ1) is 19.5. The number of fused-ring (bicyclic) bond motifs is 1. The number of nitrogen functional groups attached to an aromatic ring is 1. The molecule has 0 saturated carbocycles. The topological polar surface area (TPSA) is 136 Å². The number of anilines is 2. The average Bonchev–Trinajstić information content (AvgIpc) is 2.93. The number of nitrogens with zero attached hydrogens (tertiary/aromatic N) is 4. The van der Waals surface area contributed by atoms with Crippen molar-refractivity contribution in [2.75, 3.05) is 17.7 Å². The average molecular weight is 561 g/mol. The van der Waals surface area contributed by atoms with Gasteiger partial charge in [0.2, 0.25) is 11.8 Å². The summed E-state index contributed by atoms with van der Waals surface area (Å²) < 4.78 is 44.9. The third-order valence-electron chi connectivity index (χ3n) is 6.30. The van der Waals surface area contributed by atoms with Crippen LogP contribution >= 0.6 is 0 Å². The van der Waals surface area contributed by atoms with Crippen LogP contribution in [0.2, 0.25) is 0 Å². The van der Waals surface area contributed by atoms with Crippen molar-refractivity contribution in [2.45, 2.75) is 20.0 Å². The van der Waals surface area contributed by atoms with Crippen molar-refractivity contribution in [1.29, 1.82) is 0 Å². The molecule has 0 aliphatic rings. The maximum Gasteiger partial charge on any atom is 0.416 e. The number of rotatable bonds is 6. The number of phenolic OH excluding ortho intramolecular Hbond substituents is 1. The number of nitrogens with two attached hydrogens (primary N) is 1. The van der Waals surface area contributed by atoms with Crippen molar-refractivity contribution in [3.63, 3.8) is 0 Å². The number of aromatic nitrogens is 4. The first-order valence-corrected chi connectivity index (χ1v) is 12.4. The molecule has 0 atom stereocenters. The Morgan fingerprint density at radius 1 is 1.02 bits per heavy atom. The van der Waals surface area contributed by atoms with Gasteiger partial charge in [-0.2, -0.15) is 13.2 Å². The molecule has 4 N–H and O–H groups in total. The summed E-state index contributed by atoms with van der Waals surface area (Å²) in [6.45, 7) is 4.01. The molecule has 0 aliphatic heterocycles. The molecule has 3 heterocycles. The lowest BCUT2D eigenvalue weighted by Crippen LogP contribution is -2.14. The SMILES string of the molecule is CCOc1cc(-c2c(O)c(-c3cc(C(=O)Nc4cc(C(F)(F)F)ccn4)ccc3C)cc3cnc(N)nc23)ccn1. The van der Waals surface area contributed by atoms with Crippen LogP contribution in [-0.4, -0.2) is 37.6 Å². The van der Waals surface area contributed by atoms with Gasteiger partial charge in [0.15, 0.2) is 0 Å². The molecule has 41 heavy (non-hydrogen) atoms. The largest absolute Gasteiger partial charge is 0.507 e. The Bertz CT molecular complexity index is 1790. The first-order valence-electron chi connectivity index (χ1n) is 12.4. The van der Waals surface area contributed by atoms with Crippen molar-refractivity contribution in [3.05, 3.63) is 83.8 Å². The summed E-state index contributed by atoms with van der Waals surface area (Å²) >= 11 is 0. The van der Waals surface area contributed by atoms with E-state index in [1.807, 2.05) is 6.92 Å². The van der Waals surface area contributed by atoms with Crippen LogP contribution in [0.25, 0.3) is 33.2 Å². The Morgan fingerprint density at radius 3 is 2.56 bits per heavy atom. The van der Waals surface area contributed by atoms with Gasteiger partial charge in [0.25, 0.3) is 5.91 Å². The van der Waals surface area contributed by atoms with Crippen LogP contribution in [0.1, 0.15) is 28.4 Å². The highest BCUT2D eigenvalue weighted by Crippen LogP contribution is 2.44. The Kier molecular flexibility index (Phi) is 7.14. The predicted octanol–water partition coefficient (Wildman–Crippen LogP) is 6.02. The molecule has 0 spiro atoms. The third kappa shape index (κ3) is 5.57. The van der Waals surface area contributed by atoms with Gasteiger partial charge in [-0.05, 0) is 66.9 Å². The van der Waals surface area contributed by atoms with Gasteiger partial charge in [0.05, 0.1) is 23.3 Å². The maximum atomic E-state index is 13.1. The van der Waals surface area contributed by atoms with Gasteiger partial charge in [0, 0.05) is 41.2 Å². The van der Waals surface area contributed by atoms with Gasteiger partial charge in [-0.3, -0.25) is 4.79 Å². The Morgan fingerprint density at radius 2 is 1.80 bits per heavy atom. The Labute approximate surface area is 231 Å². The number of benzene rings is 2. The number of pyridine rings is 2. The monoisotopic (exact) mass is 560 g/mol. The van der Waals surface area contributed by atoms with E-state index in [2.05, 4.69) is 25.3 Å². The summed E-state index contributed by atoms with van der Waals surface area (Å²) in [6.07, 6.45) is -0.545. The lowest BCUT2D eigenvalue weighted by atomic mass is 9.91.